The van der Waals surface area contributed by atoms with E-state index in [1.165, 1.54) is 24.8 Å². The molecule has 0 saturated heterocycles. The number of rotatable bonds is 3. The largest absolute Gasteiger partial charge is 0.491 e. The SMILES string of the molecule is Cc1ccc(OCC2CCC2)c(N)c1. The monoisotopic (exact) mass is 191 g/mol. The zero-order valence-electron chi connectivity index (χ0n) is 8.62. The van der Waals surface area contributed by atoms with Crippen LogP contribution in [-0.4, -0.2) is 6.61 Å². The van der Waals surface area contributed by atoms with Crippen molar-refractivity contribution in [3.05, 3.63) is 23.8 Å². The molecular formula is C12H17NO. The zero-order chi connectivity index (χ0) is 9.97. The topological polar surface area (TPSA) is 35.2 Å². The Kier molecular flexibility index (Phi) is 2.62. The smallest absolute Gasteiger partial charge is 0.142 e. The van der Waals surface area contributed by atoms with Crippen LogP contribution >= 0.6 is 0 Å². The molecule has 76 valence electrons. The second kappa shape index (κ2) is 3.91. The molecule has 0 spiro atoms. The van der Waals surface area contributed by atoms with E-state index in [0.717, 1.165) is 24.0 Å². The van der Waals surface area contributed by atoms with Crippen LogP contribution in [0.4, 0.5) is 5.69 Å². The van der Waals surface area contributed by atoms with Crippen molar-refractivity contribution in [3.63, 3.8) is 0 Å². The van der Waals surface area contributed by atoms with E-state index in [-0.39, 0.29) is 0 Å². The third-order valence-corrected chi connectivity index (χ3v) is 2.86. The molecule has 0 radical (unpaired) electrons. The molecule has 1 aromatic rings. The summed E-state index contributed by atoms with van der Waals surface area (Å²) in [6, 6.07) is 5.95. The fourth-order valence-electron chi connectivity index (χ4n) is 1.67. The second-order valence-corrected chi connectivity index (χ2v) is 4.15. The van der Waals surface area contributed by atoms with Crippen molar-refractivity contribution >= 4 is 5.69 Å². The highest BCUT2D eigenvalue weighted by Crippen LogP contribution is 2.29. The molecule has 2 rings (SSSR count). The highest BCUT2D eigenvalue weighted by molar-refractivity contribution is 5.53. The fourth-order valence-corrected chi connectivity index (χ4v) is 1.67. The van der Waals surface area contributed by atoms with Gasteiger partial charge in [0.1, 0.15) is 5.75 Å². The lowest BCUT2D eigenvalue weighted by atomic mass is 9.86. The van der Waals surface area contributed by atoms with Crippen molar-refractivity contribution < 1.29 is 4.74 Å². The van der Waals surface area contributed by atoms with Crippen molar-refractivity contribution in [2.24, 2.45) is 5.92 Å². The summed E-state index contributed by atoms with van der Waals surface area (Å²) in [5.74, 6) is 1.60. The Labute approximate surface area is 85.1 Å². The van der Waals surface area contributed by atoms with Gasteiger partial charge < -0.3 is 10.5 Å². The van der Waals surface area contributed by atoms with Crippen molar-refractivity contribution in [3.8, 4) is 5.75 Å². The van der Waals surface area contributed by atoms with E-state index in [4.69, 9.17) is 10.5 Å². The Hall–Kier alpha value is -1.18. The number of benzene rings is 1. The van der Waals surface area contributed by atoms with Crippen LogP contribution in [0.2, 0.25) is 0 Å². The normalized spacial score (nSPS) is 16.4. The molecule has 2 nitrogen and oxygen atoms in total. The van der Waals surface area contributed by atoms with E-state index in [2.05, 4.69) is 0 Å². The fraction of sp³-hybridized carbons (Fsp3) is 0.500. The molecule has 2 heteroatoms. The highest BCUT2D eigenvalue weighted by atomic mass is 16.5. The number of nitrogen functional groups attached to an aromatic ring is 1. The van der Waals surface area contributed by atoms with Gasteiger partial charge in [0, 0.05) is 0 Å². The molecule has 1 fully saturated rings. The molecule has 1 aliphatic rings. The molecule has 0 aliphatic heterocycles. The van der Waals surface area contributed by atoms with Crippen LogP contribution in [0.5, 0.6) is 5.75 Å². The maximum Gasteiger partial charge on any atom is 0.142 e. The molecule has 0 amide bonds. The Balaban J connectivity index is 1.94. The van der Waals surface area contributed by atoms with Crippen LogP contribution in [0.1, 0.15) is 24.8 Å². The zero-order valence-corrected chi connectivity index (χ0v) is 8.62. The molecule has 0 aromatic heterocycles. The van der Waals surface area contributed by atoms with Crippen LogP contribution < -0.4 is 10.5 Å². The number of hydrogen-bond donors (Lipinski definition) is 1. The van der Waals surface area contributed by atoms with Crippen molar-refractivity contribution in [2.45, 2.75) is 26.2 Å². The number of anilines is 1. The van der Waals surface area contributed by atoms with Crippen LogP contribution in [-0.2, 0) is 0 Å². The maximum absolute atomic E-state index is 5.84. The van der Waals surface area contributed by atoms with E-state index in [1.54, 1.807) is 0 Å². The van der Waals surface area contributed by atoms with Gasteiger partial charge in [-0.15, -0.1) is 0 Å². The van der Waals surface area contributed by atoms with Gasteiger partial charge in [-0.2, -0.15) is 0 Å². The van der Waals surface area contributed by atoms with E-state index in [1.807, 2.05) is 25.1 Å². The molecular weight excluding hydrogens is 174 g/mol. The first-order chi connectivity index (χ1) is 6.75. The third-order valence-electron chi connectivity index (χ3n) is 2.86. The number of ether oxygens (including phenoxy) is 1. The number of aryl methyl sites for hydroxylation is 1. The van der Waals surface area contributed by atoms with Crippen molar-refractivity contribution in [1.82, 2.24) is 0 Å². The molecule has 0 unspecified atom stereocenters. The predicted molar refractivity (Wildman–Crippen MR) is 58.4 cm³/mol. The summed E-state index contributed by atoms with van der Waals surface area (Å²) in [6.45, 7) is 2.86. The van der Waals surface area contributed by atoms with Gasteiger partial charge in [0.05, 0.1) is 12.3 Å². The Morgan fingerprint density at radius 2 is 2.21 bits per heavy atom. The van der Waals surface area contributed by atoms with Crippen molar-refractivity contribution in [1.29, 1.82) is 0 Å². The van der Waals surface area contributed by atoms with E-state index in [9.17, 15) is 0 Å². The molecule has 1 saturated carbocycles. The summed E-state index contributed by atoms with van der Waals surface area (Å²) in [4.78, 5) is 0. The second-order valence-electron chi connectivity index (χ2n) is 4.15. The predicted octanol–water partition coefficient (Wildman–Crippen LogP) is 2.76. The van der Waals surface area contributed by atoms with Crippen LogP contribution in [0.15, 0.2) is 18.2 Å². The highest BCUT2D eigenvalue weighted by Gasteiger charge is 2.18. The van der Waals surface area contributed by atoms with Crippen LogP contribution in [0.3, 0.4) is 0 Å². The van der Waals surface area contributed by atoms with Gasteiger partial charge in [0.15, 0.2) is 0 Å². The summed E-state index contributed by atoms with van der Waals surface area (Å²) >= 11 is 0. The molecule has 0 bridgehead atoms. The number of hydrogen-bond acceptors (Lipinski definition) is 2. The van der Waals surface area contributed by atoms with E-state index < -0.39 is 0 Å². The van der Waals surface area contributed by atoms with Gasteiger partial charge in [-0.05, 0) is 43.4 Å². The Morgan fingerprint density at radius 1 is 1.43 bits per heavy atom. The standard InChI is InChI=1S/C12H17NO/c1-9-5-6-12(11(13)7-9)14-8-10-3-2-4-10/h5-7,10H,2-4,8,13H2,1H3. The minimum atomic E-state index is 0.754. The molecule has 2 N–H and O–H groups in total. The van der Waals surface area contributed by atoms with Crippen LogP contribution in [0.25, 0.3) is 0 Å². The number of nitrogens with two attached hydrogens (primary N) is 1. The summed E-state index contributed by atoms with van der Waals surface area (Å²) in [5.41, 5.74) is 7.78. The summed E-state index contributed by atoms with van der Waals surface area (Å²) in [7, 11) is 0. The maximum atomic E-state index is 5.84. The van der Waals surface area contributed by atoms with Gasteiger partial charge in [-0.3, -0.25) is 0 Å². The summed E-state index contributed by atoms with van der Waals surface area (Å²) in [6.07, 6.45) is 3.98. The lowest BCUT2D eigenvalue weighted by Crippen LogP contribution is -2.19. The minimum Gasteiger partial charge on any atom is -0.491 e. The first kappa shape index (κ1) is 9.38. The minimum absolute atomic E-state index is 0.754. The quantitative estimate of drug-likeness (QED) is 0.745. The van der Waals surface area contributed by atoms with Crippen molar-refractivity contribution in [2.75, 3.05) is 12.3 Å². The van der Waals surface area contributed by atoms with Gasteiger partial charge >= 0.3 is 0 Å². The molecule has 0 atom stereocenters. The van der Waals surface area contributed by atoms with E-state index in [0.29, 0.717) is 0 Å². The Morgan fingerprint density at radius 3 is 2.79 bits per heavy atom. The molecule has 14 heavy (non-hydrogen) atoms. The molecule has 1 aliphatic carbocycles. The molecule has 1 aromatic carbocycles. The van der Waals surface area contributed by atoms with Gasteiger partial charge in [-0.1, -0.05) is 12.5 Å². The lowest BCUT2D eigenvalue weighted by molar-refractivity contribution is 0.181. The van der Waals surface area contributed by atoms with Crippen LogP contribution in [0, 0.1) is 12.8 Å². The average Bonchev–Trinajstić information content (AvgIpc) is 2.05. The Bertz CT molecular complexity index is 318. The van der Waals surface area contributed by atoms with Gasteiger partial charge in [-0.25, -0.2) is 0 Å². The first-order valence-electron chi connectivity index (χ1n) is 5.24. The first-order valence-corrected chi connectivity index (χ1v) is 5.24. The average molecular weight is 191 g/mol. The molecule has 0 heterocycles. The van der Waals surface area contributed by atoms with Gasteiger partial charge in [0.2, 0.25) is 0 Å². The third kappa shape index (κ3) is 2.00. The summed E-state index contributed by atoms with van der Waals surface area (Å²) in [5, 5.41) is 0. The lowest BCUT2D eigenvalue weighted by Gasteiger charge is -2.25. The summed E-state index contributed by atoms with van der Waals surface area (Å²) < 4.78 is 5.67. The van der Waals surface area contributed by atoms with Gasteiger partial charge in [0.25, 0.3) is 0 Å². The van der Waals surface area contributed by atoms with E-state index >= 15 is 0 Å².